The average molecular weight is 366 g/mol. The van der Waals surface area contributed by atoms with Gasteiger partial charge < -0.3 is 15.4 Å². The second-order valence-electron chi connectivity index (χ2n) is 5.26. The number of carbonyl (C=O) groups excluding carboxylic acids is 2. The maximum absolute atomic E-state index is 12.5. The fourth-order valence-electron chi connectivity index (χ4n) is 2.08. The van der Waals surface area contributed by atoms with E-state index in [0.717, 1.165) is 24.3 Å². The standard InChI is InChI=1S/C18H17F3N2O3/c1-2-26-15-9-7-14(8-10-15)23-16(24)11-22-17(25)12-3-5-13(6-4-12)18(19,20)21/h3-10H,2,11H2,1H3,(H,22,25)(H,23,24). The SMILES string of the molecule is CCOc1ccc(NC(=O)CNC(=O)c2ccc(C(F)(F)F)cc2)cc1. The third-order valence-corrected chi connectivity index (χ3v) is 3.33. The Hall–Kier alpha value is -3.03. The molecule has 0 aromatic heterocycles. The molecule has 8 heteroatoms. The van der Waals surface area contributed by atoms with E-state index in [-0.39, 0.29) is 12.1 Å². The van der Waals surface area contributed by atoms with Crippen LogP contribution >= 0.6 is 0 Å². The zero-order chi connectivity index (χ0) is 19.2. The lowest BCUT2D eigenvalue weighted by Crippen LogP contribution is -2.32. The van der Waals surface area contributed by atoms with Gasteiger partial charge in [0, 0.05) is 11.3 Å². The van der Waals surface area contributed by atoms with E-state index >= 15 is 0 Å². The molecule has 2 rings (SSSR count). The van der Waals surface area contributed by atoms with Gasteiger partial charge in [-0.1, -0.05) is 0 Å². The first-order chi connectivity index (χ1) is 12.3. The summed E-state index contributed by atoms with van der Waals surface area (Å²) in [4.78, 5) is 23.7. The van der Waals surface area contributed by atoms with Crippen LogP contribution < -0.4 is 15.4 Å². The summed E-state index contributed by atoms with van der Waals surface area (Å²) in [6.45, 7) is 2.07. The molecule has 2 amide bonds. The van der Waals surface area contributed by atoms with Gasteiger partial charge in [0.2, 0.25) is 5.91 Å². The number of alkyl halides is 3. The minimum Gasteiger partial charge on any atom is -0.494 e. The number of hydrogen-bond acceptors (Lipinski definition) is 3. The van der Waals surface area contributed by atoms with Gasteiger partial charge in [-0.15, -0.1) is 0 Å². The van der Waals surface area contributed by atoms with Gasteiger partial charge in [-0.05, 0) is 55.5 Å². The summed E-state index contributed by atoms with van der Waals surface area (Å²) in [5.41, 5.74) is -0.281. The van der Waals surface area contributed by atoms with Crippen LogP contribution in [0.4, 0.5) is 18.9 Å². The Balaban J connectivity index is 1.85. The van der Waals surface area contributed by atoms with Crippen molar-refractivity contribution in [3.05, 3.63) is 59.7 Å². The van der Waals surface area contributed by atoms with Crippen molar-refractivity contribution < 1.29 is 27.5 Å². The van der Waals surface area contributed by atoms with Crippen LogP contribution in [0.1, 0.15) is 22.8 Å². The molecule has 2 aromatic rings. The van der Waals surface area contributed by atoms with Crippen molar-refractivity contribution in [2.45, 2.75) is 13.1 Å². The average Bonchev–Trinajstić information content (AvgIpc) is 2.61. The molecule has 0 saturated heterocycles. The first-order valence-corrected chi connectivity index (χ1v) is 7.77. The summed E-state index contributed by atoms with van der Waals surface area (Å²) in [5, 5.41) is 4.94. The molecule has 0 heterocycles. The fraction of sp³-hybridized carbons (Fsp3) is 0.222. The number of carbonyl (C=O) groups is 2. The van der Waals surface area contributed by atoms with Crippen LogP contribution in [0.15, 0.2) is 48.5 Å². The molecule has 0 aliphatic heterocycles. The van der Waals surface area contributed by atoms with Crippen molar-refractivity contribution in [3.63, 3.8) is 0 Å². The first-order valence-electron chi connectivity index (χ1n) is 7.77. The molecule has 0 aliphatic carbocycles. The highest BCUT2D eigenvalue weighted by Crippen LogP contribution is 2.29. The van der Waals surface area contributed by atoms with Gasteiger partial charge in [0.15, 0.2) is 0 Å². The van der Waals surface area contributed by atoms with Crippen molar-refractivity contribution in [1.29, 1.82) is 0 Å². The van der Waals surface area contributed by atoms with E-state index in [4.69, 9.17) is 4.74 Å². The van der Waals surface area contributed by atoms with E-state index in [0.29, 0.717) is 18.0 Å². The van der Waals surface area contributed by atoms with Crippen molar-refractivity contribution in [2.24, 2.45) is 0 Å². The van der Waals surface area contributed by atoms with E-state index < -0.39 is 23.6 Å². The van der Waals surface area contributed by atoms with Gasteiger partial charge in [0.1, 0.15) is 5.75 Å². The molecule has 0 fully saturated rings. The minimum atomic E-state index is -4.47. The molecule has 0 atom stereocenters. The number of nitrogens with one attached hydrogen (secondary N) is 2. The zero-order valence-corrected chi connectivity index (χ0v) is 13.9. The third kappa shape index (κ3) is 5.51. The lowest BCUT2D eigenvalue weighted by atomic mass is 10.1. The lowest BCUT2D eigenvalue weighted by molar-refractivity contribution is -0.137. The number of anilines is 1. The Morgan fingerprint density at radius 2 is 1.62 bits per heavy atom. The highest BCUT2D eigenvalue weighted by molar-refractivity contribution is 5.99. The summed E-state index contributed by atoms with van der Waals surface area (Å²) >= 11 is 0. The molecular weight excluding hydrogens is 349 g/mol. The van der Waals surface area contributed by atoms with Gasteiger partial charge in [0.25, 0.3) is 5.91 Å². The number of hydrogen-bond donors (Lipinski definition) is 2. The zero-order valence-electron chi connectivity index (χ0n) is 13.9. The Morgan fingerprint density at radius 1 is 1.00 bits per heavy atom. The minimum absolute atomic E-state index is 0.0341. The monoisotopic (exact) mass is 366 g/mol. The molecule has 5 nitrogen and oxygen atoms in total. The molecule has 26 heavy (non-hydrogen) atoms. The highest BCUT2D eigenvalue weighted by atomic mass is 19.4. The quantitative estimate of drug-likeness (QED) is 0.823. The second-order valence-corrected chi connectivity index (χ2v) is 5.26. The third-order valence-electron chi connectivity index (χ3n) is 3.33. The smallest absolute Gasteiger partial charge is 0.416 e. The molecule has 138 valence electrons. The van der Waals surface area contributed by atoms with E-state index in [1.54, 1.807) is 24.3 Å². The maximum Gasteiger partial charge on any atom is 0.416 e. The fourth-order valence-corrected chi connectivity index (χ4v) is 2.08. The Labute approximate surface area is 148 Å². The van der Waals surface area contributed by atoms with Crippen molar-refractivity contribution in [3.8, 4) is 5.75 Å². The summed E-state index contributed by atoms with van der Waals surface area (Å²) in [5.74, 6) is -0.434. The van der Waals surface area contributed by atoms with Gasteiger partial charge in [-0.3, -0.25) is 9.59 Å². The maximum atomic E-state index is 12.5. The van der Waals surface area contributed by atoms with Crippen molar-refractivity contribution >= 4 is 17.5 Å². The molecule has 0 aliphatic rings. The number of ether oxygens (including phenoxy) is 1. The number of rotatable bonds is 6. The van der Waals surface area contributed by atoms with E-state index in [1.165, 1.54) is 0 Å². The van der Waals surface area contributed by atoms with E-state index in [1.807, 2.05) is 6.92 Å². The largest absolute Gasteiger partial charge is 0.494 e. The van der Waals surface area contributed by atoms with Crippen LogP contribution in [0, 0.1) is 0 Å². The van der Waals surface area contributed by atoms with Crippen LogP contribution in [0.3, 0.4) is 0 Å². The van der Waals surface area contributed by atoms with Gasteiger partial charge in [-0.2, -0.15) is 13.2 Å². The number of halogens is 3. The Morgan fingerprint density at radius 3 is 2.15 bits per heavy atom. The van der Waals surface area contributed by atoms with Crippen LogP contribution in [0.5, 0.6) is 5.75 Å². The first kappa shape index (κ1) is 19.3. The molecule has 2 N–H and O–H groups in total. The van der Waals surface area contributed by atoms with Gasteiger partial charge in [0.05, 0.1) is 18.7 Å². The molecule has 0 radical (unpaired) electrons. The molecule has 0 saturated carbocycles. The molecule has 0 spiro atoms. The van der Waals surface area contributed by atoms with Crippen LogP contribution in [0.25, 0.3) is 0 Å². The van der Waals surface area contributed by atoms with E-state index in [9.17, 15) is 22.8 Å². The van der Waals surface area contributed by atoms with Gasteiger partial charge in [-0.25, -0.2) is 0 Å². The predicted molar refractivity (Wildman–Crippen MR) is 90.0 cm³/mol. The molecule has 2 aromatic carbocycles. The second kappa shape index (κ2) is 8.37. The molecular formula is C18H17F3N2O3. The topological polar surface area (TPSA) is 67.4 Å². The van der Waals surface area contributed by atoms with Crippen LogP contribution in [0.2, 0.25) is 0 Å². The van der Waals surface area contributed by atoms with E-state index in [2.05, 4.69) is 10.6 Å². The number of benzene rings is 2. The summed E-state index contributed by atoms with van der Waals surface area (Å²) < 4.78 is 42.7. The summed E-state index contributed by atoms with van der Waals surface area (Å²) in [6.07, 6.45) is -4.47. The van der Waals surface area contributed by atoms with Crippen LogP contribution in [-0.2, 0) is 11.0 Å². The van der Waals surface area contributed by atoms with Crippen molar-refractivity contribution in [1.82, 2.24) is 5.32 Å². The summed E-state index contributed by atoms with van der Waals surface area (Å²) in [6, 6.07) is 10.4. The van der Waals surface area contributed by atoms with Gasteiger partial charge >= 0.3 is 6.18 Å². The summed E-state index contributed by atoms with van der Waals surface area (Å²) in [7, 11) is 0. The lowest BCUT2D eigenvalue weighted by Gasteiger charge is -2.09. The highest BCUT2D eigenvalue weighted by Gasteiger charge is 2.30. The molecule has 0 unspecified atom stereocenters. The normalized spacial score (nSPS) is 10.9. The van der Waals surface area contributed by atoms with Crippen LogP contribution in [-0.4, -0.2) is 25.0 Å². The molecule has 0 bridgehead atoms. The Kier molecular flexibility index (Phi) is 6.21. The van der Waals surface area contributed by atoms with Crippen molar-refractivity contribution in [2.75, 3.05) is 18.5 Å². The Bertz CT molecular complexity index is 757. The number of amides is 2. The predicted octanol–water partition coefficient (Wildman–Crippen LogP) is 3.47.